The van der Waals surface area contributed by atoms with Gasteiger partial charge in [-0.1, -0.05) is 48.2 Å². The van der Waals surface area contributed by atoms with Crippen LogP contribution in [-0.4, -0.2) is 26.4 Å². The third-order valence-electron chi connectivity index (χ3n) is 4.62. The molecule has 3 aromatic rings. The highest BCUT2D eigenvalue weighted by Gasteiger charge is 2.14. The Morgan fingerprint density at radius 1 is 1.15 bits per heavy atom. The highest BCUT2D eigenvalue weighted by atomic mass is 32.2. The van der Waals surface area contributed by atoms with E-state index in [1.54, 1.807) is 4.57 Å². The molecular formula is C20H20N4O2S. The lowest BCUT2D eigenvalue weighted by atomic mass is 10.1. The third kappa shape index (κ3) is 4.14. The van der Waals surface area contributed by atoms with E-state index >= 15 is 0 Å². The fourth-order valence-corrected chi connectivity index (χ4v) is 4.04. The maximum atomic E-state index is 12.3. The first-order valence-electron chi connectivity index (χ1n) is 8.92. The smallest absolute Gasteiger partial charge is 0.325 e. The number of aryl methyl sites for hydroxylation is 2. The maximum Gasteiger partial charge on any atom is 0.344 e. The van der Waals surface area contributed by atoms with Crippen LogP contribution in [-0.2, 0) is 24.2 Å². The van der Waals surface area contributed by atoms with Gasteiger partial charge in [-0.2, -0.15) is 0 Å². The molecule has 0 spiro atoms. The number of amides is 1. The highest BCUT2D eigenvalue weighted by Crippen LogP contribution is 2.25. The fraction of sp³-hybridized carbons (Fsp3) is 0.250. The molecule has 1 aliphatic carbocycles. The Morgan fingerprint density at radius 3 is 2.81 bits per heavy atom. The molecule has 1 amide bonds. The molecule has 0 bridgehead atoms. The van der Waals surface area contributed by atoms with Crippen molar-refractivity contribution in [2.45, 2.75) is 31.0 Å². The summed E-state index contributed by atoms with van der Waals surface area (Å²) in [4.78, 5) is 24.3. The lowest BCUT2D eigenvalue weighted by Crippen LogP contribution is -2.19. The first-order valence-corrected chi connectivity index (χ1v) is 9.91. The van der Waals surface area contributed by atoms with Crippen molar-refractivity contribution in [2.75, 3.05) is 11.1 Å². The number of nitrogens with zero attached hydrogens (tertiary/aromatic N) is 2. The van der Waals surface area contributed by atoms with E-state index < -0.39 is 0 Å². The van der Waals surface area contributed by atoms with Crippen LogP contribution in [0.5, 0.6) is 0 Å². The number of carbonyl (C=O) groups is 1. The van der Waals surface area contributed by atoms with Gasteiger partial charge >= 0.3 is 5.69 Å². The maximum absolute atomic E-state index is 12.3. The molecule has 2 aromatic carbocycles. The summed E-state index contributed by atoms with van der Waals surface area (Å²) in [7, 11) is 0. The summed E-state index contributed by atoms with van der Waals surface area (Å²) in [6.07, 6.45) is 3.38. The van der Waals surface area contributed by atoms with E-state index in [9.17, 15) is 9.59 Å². The second-order valence-electron chi connectivity index (χ2n) is 6.56. The minimum atomic E-state index is -0.277. The number of hydrogen-bond donors (Lipinski definition) is 2. The Balaban J connectivity index is 1.39. The molecule has 2 N–H and O–H groups in total. The van der Waals surface area contributed by atoms with Crippen molar-refractivity contribution in [2.24, 2.45) is 0 Å². The van der Waals surface area contributed by atoms with Crippen molar-refractivity contribution in [3.8, 4) is 0 Å². The van der Waals surface area contributed by atoms with E-state index in [-0.39, 0.29) is 17.3 Å². The van der Waals surface area contributed by atoms with Gasteiger partial charge in [-0.05, 0) is 48.1 Å². The van der Waals surface area contributed by atoms with Crippen molar-refractivity contribution in [3.05, 3.63) is 75.7 Å². The standard InChI is InChI=1S/C20H20N4O2S/c25-18(21-17-10-9-15-7-4-8-16(15)11-17)13-27-20-23-22-19(26)24(20)12-14-5-2-1-3-6-14/h1-3,5-6,9-11H,4,7-8,12-13H2,(H,21,25)(H,22,26). The van der Waals surface area contributed by atoms with Crippen LogP contribution in [0.25, 0.3) is 0 Å². The number of hydrogen-bond acceptors (Lipinski definition) is 4. The number of nitrogens with one attached hydrogen (secondary N) is 2. The van der Waals surface area contributed by atoms with Gasteiger partial charge < -0.3 is 5.32 Å². The van der Waals surface area contributed by atoms with Gasteiger partial charge in [0.2, 0.25) is 5.91 Å². The lowest BCUT2D eigenvalue weighted by Gasteiger charge is -2.08. The molecule has 4 rings (SSSR count). The number of thioether (sulfide) groups is 1. The summed E-state index contributed by atoms with van der Waals surface area (Å²) >= 11 is 1.25. The normalized spacial score (nSPS) is 12.7. The van der Waals surface area contributed by atoms with E-state index in [1.807, 2.05) is 36.4 Å². The summed E-state index contributed by atoms with van der Waals surface area (Å²) in [6.45, 7) is 0.422. The van der Waals surface area contributed by atoms with Crippen LogP contribution in [0.2, 0.25) is 0 Å². The monoisotopic (exact) mass is 380 g/mol. The van der Waals surface area contributed by atoms with Crippen LogP contribution in [0.3, 0.4) is 0 Å². The SMILES string of the molecule is O=C(CSc1n[nH]c(=O)n1Cc1ccccc1)Nc1ccc2c(c1)CCC2. The van der Waals surface area contributed by atoms with Crippen LogP contribution in [0.15, 0.2) is 58.5 Å². The molecule has 138 valence electrons. The summed E-state index contributed by atoms with van der Waals surface area (Å²) in [5, 5.41) is 9.95. The molecule has 7 heteroatoms. The summed E-state index contributed by atoms with van der Waals surface area (Å²) in [6, 6.07) is 15.8. The number of anilines is 1. The topological polar surface area (TPSA) is 79.8 Å². The molecule has 27 heavy (non-hydrogen) atoms. The van der Waals surface area contributed by atoms with E-state index in [2.05, 4.69) is 27.6 Å². The number of fused-ring (bicyclic) bond motifs is 1. The zero-order chi connectivity index (χ0) is 18.6. The van der Waals surface area contributed by atoms with Crippen molar-refractivity contribution >= 4 is 23.4 Å². The molecule has 0 saturated heterocycles. The van der Waals surface area contributed by atoms with Crippen molar-refractivity contribution in [3.63, 3.8) is 0 Å². The molecule has 1 aliphatic rings. The molecule has 6 nitrogen and oxygen atoms in total. The molecule has 0 fully saturated rings. The molecular weight excluding hydrogens is 360 g/mol. The van der Waals surface area contributed by atoms with E-state index in [1.165, 1.54) is 29.3 Å². The van der Waals surface area contributed by atoms with Crippen molar-refractivity contribution < 1.29 is 4.79 Å². The van der Waals surface area contributed by atoms with Crippen LogP contribution in [0, 0.1) is 0 Å². The van der Waals surface area contributed by atoms with Crippen LogP contribution in [0.1, 0.15) is 23.1 Å². The number of benzene rings is 2. The second kappa shape index (κ2) is 7.84. The van der Waals surface area contributed by atoms with Crippen molar-refractivity contribution in [1.29, 1.82) is 0 Å². The van der Waals surface area contributed by atoms with Gasteiger partial charge in [0.25, 0.3) is 0 Å². The van der Waals surface area contributed by atoms with Gasteiger partial charge in [0.05, 0.1) is 12.3 Å². The fourth-order valence-electron chi connectivity index (χ4n) is 3.30. The molecule has 0 atom stereocenters. The average molecular weight is 380 g/mol. The molecule has 1 heterocycles. The zero-order valence-corrected chi connectivity index (χ0v) is 15.6. The Kier molecular flexibility index (Phi) is 5.11. The predicted molar refractivity (Wildman–Crippen MR) is 106 cm³/mol. The molecule has 1 aromatic heterocycles. The van der Waals surface area contributed by atoms with Gasteiger partial charge in [0, 0.05) is 5.69 Å². The van der Waals surface area contributed by atoms with Gasteiger partial charge in [-0.25, -0.2) is 9.89 Å². The van der Waals surface area contributed by atoms with Crippen LogP contribution in [0.4, 0.5) is 5.69 Å². The van der Waals surface area contributed by atoms with Crippen molar-refractivity contribution in [1.82, 2.24) is 14.8 Å². The summed E-state index contributed by atoms with van der Waals surface area (Å²) in [5.74, 6) is 0.0792. The summed E-state index contributed by atoms with van der Waals surface area (Å²) in [5.41, 5.74) is 4.25. The molecule has 0 aliphatic heterocycles. The Morgan fingerprint density at radius 2 is 1.96 bits per heavy atom. The van der Waals surface area contributed by atoms with E-state index in [4.69, 9.17) is 0 Å². The predicted octanol–water partition coefficient (Wildman–Crippen LogP) is 2.84. The average Bonchev–Trinajstić information content (AvgIpc) is 3.28. The first kappa shape index (κ1) is 17.6. The molecule has 0 saturated carbocycles. The van der Waals surface area contributed by atoms with E-state index in [0.29, 0.717) is 11.7 Å². The van der Waals surface area contributed by atoms with E-state index in [0.717, 1.165) is 24.1 Å². The van der Waals surface area contributed by atoms with Gasteiger partial charge in [0.1, 0.15) is 0 Å². The van der Waals surface area contributed by atoms with Gasteiger partial charge in [-0.3, -0.25) is 9.36 Å². The quantitative estimate of drug-likeness (QED) is 0.645. The Hall–Kier alpha value is -2.80. The Bertz CT molecular complexity index is 1010. The molecule has 0 unspecified atom stereocenters. The number of aromatic nitrogens is 3. The Labute approximate surface area is 161 Å². The largest absolute Gasteiger partial charge is 0.344 e. The van der Waals surface area contributed by atoms with Crippen LogP contribution >= 0.6 is 11.8 Å². The summed E-state index contributed by atoms with van der Waals surface area (Å²) < 4.78 is 1.54. The molecule has 0 radical (unpaired) electrons. The minimum absolute atomic E-state index is 0.111. The second-order valence-corrected chi connectivity index (χ2v) is 7.50. The number of H-pyrrole nitrogens is 1. The van der Waals surface area contributed by atoms with Crippen LogP contribution < -0.4 is 11.0 Å². The third-order valence-corrected chi connectivity index (χ3v) is 5.60. The number of aromatic amines is 1. The minimum Gasteiger partial charge on any atom is -0.325 e. The lowest BCUT2D eigenvalue weighted by molar-refractivity contribution is -0.113. The number of rotatable bonds is 6. The zero-order valence-electron chi connectivity index (χ0n) is 14.8. The highest BCUT2D eigenvalue weighted by molar-refractivity contribution is 7.99. The first-order chi connectivity index (χ1) is 13.2. The van der Waals surface area contributed by atoms with Gasteiger partial charge in [0.15, 0.2) is 5.16 Å². The van der Waals surface area contributed by atoms with Gasteiger partial charge in [-0.15, -0.1) is 5.10 Å². The number of carbonyl (C=O) groups excluding carboxylic acids is 1.